The molecule has 1 unspecified atom stereocenters. The smallest absolute Gasteiger partial charge is 0.200 e. The van der Waals surface area contributed by atoms with E-state index in [-0.39, 0.29) is 0 Å². The number of alkyl halides is 1. The van der Waals surface area contributed by atoms with Crippen LogP contribution in [0.15, 0.2) is 12.1 Å². The average Bonchev–Trinajstić information content (AvgIpc) is 2.96. The fourth-order valence-electron chi connectivity index (χ4n) is 2.24. The van der Waals surface area contributed by atoms with Crippen LogP contribution in [0.25, 0.3) is 5.65 Å². The zero-order valence-corrected chi connectivity index (χ0v) is 10.1. The van der Waals surface area contributed by atoms with E-state index in [4.69, 9.17) is 11.6 Å². The average molecular weight is 253 g/mol. The Morgan fingerprint density at radius 3 is 3.24 bits per heavy atom. The number of tetrazole rings is 1. The summed E-state index contributed by atoms with van der Waals surface area (Å²) in [5, 5.41) is 15.6. The number of halogens is 1. The molecule has 1 aliphatic heterocycles. The Bertz CT molecular complexity index is 512. The van der Waals surface area contributed by atoms with Crippen LogP contribution in [-0.4, -0.2) is 44.2 Å². The van der Waals surface area contributed by atoms with Crippen LogP contribution in [0.5, 0.6) is 0 Å². The standard InChI is InChI=1S/C10H13ClN6/c11-5-3-8-4-6-16(7-8)10-2-1-9-12-14-15-17(9)13-10/h1-2,8H,3-7H2. The van der Waals surface area contributed by atoms with Gasteiger partial charge in [0.25, 0.3) is 0 Å². The molecule has 0 N–H and O–H groups in total. The summed E-state index contributed by atoms with van der Waals surface area (Å²) < 4.78 is 1.46. The Morgan fingerprint density at radius 1 is 1.41 bits per heavy atom. The monoisotopic (exact) mass is 252 g/mol. The summed E-state index contributed by atoms with van der Waals surface area (Å²) in [6.45, 7) is 2.05. The second-order valence-electron chi connectivity index (χ2n) is 4.30. The third-order valence-corrected chi connectivity index (χ3v) is 3.40. The molecule has 1 aliphatic rings. The first-order valence-electron chi connectivity index (χ1n) is 5.73. The molecule has 0 aromatic carbocycles. The minimum absolute atomic E-state index is 0.672. The predicted molar refractivity (Wildman–Crippen MR) is 64.2 cm³/mol. The number of nitrogens with zero attached hydrogens (tertiary/aromatic N) is 6. The number of anilines is 1. The molecule has 1 saturated heterocycles. The zero-order valence-electron chi connectivity index (χ0n) is 9.33. The minimum Gasteiger partial charge on any atom is -0.355 e. The second kappa shape index (κ2) is 4.44. The highest BCUT2D eigenvalue weighted by Crippen LogP contribution is 2.24. The number of rotatable bonds is 3. The third-order valence-electron chi connectivity index (χ3n) is 3.18. The highest BCUT2D eigenvalue weighted by molar-refractivity contribution is 6.17. The molecule has 17 heavy (non-hydrogen) atoms. The predicted octanol–water partition coefficient (Wildman–Crippen LogP) is 0.974. The van der Waals surface area contributed by atoms with Crippen LogP contribution in [0, 0.1) is 5.92 Å². The number of fused-ring (bicyclic) bond motifs is 1. The SMILES string of the molecule is ClCCC1CCN(c2ccc3nnnn3n2)C1. The summed E-state index contributed by atoms with van der Waals surface area (Å²) in [6.07, 6.45) is 2.26. The van der Waals surface area contributed by atoms with Gasteiger partial charge in [-0.1, -0.05) is 0 Å². The van der Waals surface area contributed by atoms with Crippen LogP contribution in [0.2, 0.25) is 0 Å². The van der Waals surface area contributed by atoms with Gasteiger partial charge in [-0.2, -0.15) is 0 Å². The quantitative estimate of drug-likeness (QED) is 0.762. The molecule has 2 aromatic heterocycles. The molecule has 1 atom stereocenters. The van der Waals surface area contributed by atoms with Gasteiger partial charge in [0, 0.05) is 19.0 Å². The molecule has 0 saturated carbocycles. The molecular formula is C10H13ClN6. The molecule has 1 fully saturated rings. The fraction of sp³-hybridized carbons (Fsp3) is 0.600. The van der Waals surface area contributed by atoms with Gasteiger partial charge < -0.3 is 4.90 Å². The van der Waals surface area contributed by atoms with Gasteiger partial charge in [0.05, 0.1) is 0 Å². The molecule has 6 nitrogen and oxygen atoms in total. The van der Waals surface area contributed by atoms with Crippen molar-refractivity contribution in [3.8, 4) is 0 Å². The topological polar surface area (TPSA) is 59.2 Å². The van der Waals surface area contributed by atoms with Gasteiger partial charge in [0.1, 0.15) is 0 Å². The van der Waals surface area contributed by atoms with E-state index >= 15 is 0 Å². The van der Waals surface area contributed by atoms with Crippen molar-refractivity contribution in [1.82, 2.24) is 25.3 Å². The van der Waals surface area contributed by atoms with Crippen molar-refractivity contribution in [2.24, 2.45) is 5.92 Å². The van der Waals surface area contributed by atoms with Crippen LogP contribution in [0.1, 0.15) is 12.8 Å². The van der Waals surface area contributed by atoms with Crippen molar-refractivity contribution in [1.29, 1.82) is 0 Å². The number of aromatic nitrogens is 5. The number of hydrogen-bond acceptors (Lipinski definition) is 5. The van der Waals surface area contributed by atoms with Gasteiger partial charge in [0.2, 0.25) is 0 Å². The molecule has 3 rings (SSSR count). The largest absolute Gasteiger partial charge is 0.355 e. The molecule has 3 heterocycles. The highest BCUT2D eigenvalue weighted by Gasteiger charge is 2.23. The van der Waals surface area contributed by atoms with E-state index in [2.05, 4.69) is 25.5 Å². The number of hydrogen-bond donors (Lipinski definition) is 0. The second-order valence-corrected chi connectivity index (χ2v) is 4.67. The van der Waals surface area contributed by atoms with Gasteiger partial charge in [-0.15, -0.1) is 26.4 Å². The lowest BCUT2D eigenvalue weighted by molar-refractivity contribution is 0.571. The van der Waals surface area contributed by atoms with Crippen molar-refractivity contribution < 1.29 is 0 Å². The summed E-state index contributed by atoms with van der Waals surface area (Å²) in [4.78, 5) is 2.26. The maximum atomic E-state index is 5.77. The summed E-state index contributed by atoms with van der Waals surface area (Å²) in [5.41, 5.74) is 0.672. The normalized spacial score (nSPS) is 20.3. The Labute approximate surface area is 104 Å². The first kappa shape index (κ1) is 10.7. The van der Waals surface area contributed by atoms with E-state index in [0.29, 0.717) is 11.6 Å². The Morgan fingerprint density at radius 2 is 2.35 bits per heavy atom. The first-order valence-corrected chi connectivity index (χ1v) is 6.26. The summed E-state index contributed by atoms with van der Waals surface area (Å²) in [6, 6.07) is 3.85. The van der Waals surface area contributed by atoms with E-state index in [1.165, 1.54) is 11.1 Å². The van der Waals surface area contributed by atoms with Crippen molar-refractivity contribution in [3.05, 3.63) is 12.1 Å². The van der Waals surface area contributed by atoms with E-state index in [9.17, 15) is 0 Å². The van der Waals surface area contributed by atoms with Crippen molar-refractivity contribution in [2.45, 2.75) is 12.8 Å². The third kappa shape index (κ3) is 2.04. The van der Waals surface area contributed by atoms with Gasteiger partial charge in [-0.3, -0.25) is 0 Å². The Hall–Kier alpha value is -1.43. The van der Waals surface area contributed by atoms with Gasteiger partial charge in [-0.05, 0) is 41.3 Å². The van der Waals surface area contributed by atoms with Gasteiger partial charge >= 0.3 is 0 Å². The van der Waals surface area contributed by atoms with Crippen LogP contribution in [0.3, 0.4) is 0 Å². The first-order chi connectivity index (χ1) is 8.36. The van der Waals surface area contributed by atoms with Crippen molar-refractivity contribution in [2.75, 3.05) is 23.9 Å². The van der Waals surface area contributed by atoms with Crippen molar-refractivity contribution >= 4 is 23.1 Å². The van der Waals surface area contributed by atoms with E-state index in [1.807, 2.05) is 12.1 Å². The molecule has 0 aliphatic carbocycles. The lowest BCUT2D eigenvalue weighted by atomic mass is 10.1. The van der Waals surface area contributed by atoms with E-state index < -0.39 is 0 Å². The lowest BCUT2D eigenvalue weighted by Gasteiger charge is -2.16. The van der Waals surface area contributed by atoms with Crippen LogP contribution in [0.4, 0.5) is 5.82 Å². The maximum Gasteiger partial charge on any atom is 0.200 e. The van der Waals surface area contributed by atoms with Gasteiger partial charge in [-0.25, -0.2) is 0 Å². The zero-order chi connectivity index (χ0) is 11.7. The Kier molecular flexibility index (Phi) is 2.80. The maximum absolute atomic E-state index is 5.77. The molecule has 7 heteroatoms. The van der Waals surface area contributed by atoms with Crippen LogP contribution in [-0.2, 0) is 0 Å². The lowest BCUT2D eigenvalue weighted by Crippen LogP contribution is -2.21. The molecule has 90 valence electrons. The molecule has 2 aromatic rings. The minimum atomic E-state index is 0.672. The van der Waals surface area contributed by atoms with Crippen molar-refractivity contribution in [3.63, 3.8) is 0 Å². The fourth-order valence-corrected chi connectivity index (χ4v) is 2.55. The summed E-state index contributed by atoms with van der Waals surface area (Å²) >= 11 is 5.77. The van der Waals surface area contributed by atoms with Gasteiger partial charge in [0.15, 0.2) is 11.5 Å². The van der Waals surface area contributed by atoms with E-state index in [0.717, 1.165) is 31.2 Å². The summed E-state index contributed by atoms with van der Waals surface area (Å²) in [7, 11) is 0. The van der Waals surface area contributed by atoms with Crippen LogP contribution >= 0.6 is 11.6 Å². The Balaban J connectivity index is 1.80. The van der Waals surface area contributed by atoms with E-state index in [1.54, 1.807) is 0 Å². The molecule has 0 spiro atoms. The molecule has 0 bridgehead atoms. The molecular weight excluding hydrogens is 240 g/mol. The molecule has 0 radical (unpaired) electrons. The highest BCUT2D eigenvalue weighted by atomic mass is 35.5. The molecule has 0 amide bonds. The summed E-state index contributed by atoms with van der Waals surface area (Å²) in [5.74, 6) is 2.35. The van der Waals surface area contributed by atoms with Crippen LogP contribution < -0.4 is 4.90 Å².